The second-order valence-electron chi connectivity index (χ2n) is 7.47. The number of carbonyl (C=O) groups is 1. The van der Waals surface area contributed by atoms with Crippen molar-refractivity contribution in [3.8, 4) is 0 Å². The highest BCUT2D eigenvalue weighted by Crippen LogP contribution is 2.36. The first-order valence-corrected chi connectivity index (χ1v) is 10.5. The van der Waals surface area contributed by atoms with E-state index in [0.29, 0.717) is 26.2 Å². The molecule has 2 N–H and O–H groups in total. The number of benzene rings is 1. The molecule has 0 aliphatic carbocycles. The van der Waals surface area contributed by atoms with Gasteiger partial charge in [0.15, 0.2) is 0 Å². The summed E-state index contributed by atoms with van der Waals surface area (Å²) >= 11 is 0. The van der Waals surface area contributed by atoms with Crippen LogP contribution in [0, 0.1) is 5.41 Å². The molecule has 0 unspecified atom stereocenters. The van der Waals surface area contributed by atoms with Crippen LogP contribution in [0.2, 0.25) is 0 Å². The summed E-state index contributed by atoms with van der Waals surface area (Å²) in [6.07, 6.45) is -0.917. The molecule has 2 saturated heterocycles. The van der Waals surface area contributed by atoms with Gasteiger partial charge in [-0.05, 0) is 25.5 Å². The minimum Gasteiger partial charge on any atom is -0.481 e. The molecule has 27 heavy (non-hydrogen) atoms. The number of aliphatic hydroxyl groups is 1. The normalized spacial score (nSPS) is 28.9. The van der Waals surface area contributed by atoms with E-state index in [0.717, 1.165) is 5.56 Å². The molecule has 1 aromatic rings. The van der Waals surface area contributed by atoms with Gasteiger partial charge < -0.3 is 15.1 Å². The van der Waals surface area contributed by atoms with Crippen LogP contribution in [-0.2, 0) is 21.4 Å². The van der Waals surface area contributed by atoms with Crippen molar-refractivity contribution in [1.82, 2.24) is 13.5 Å². The SMILES string of the molecule is CN1CCN(S(=O)(=O)N2CC[C@H](O)[C@](Cc3ccccc3)(C(=O)O)C2)CC1. The van der Waals surface area contributed by atoms with Gasteiger partial charge in [0.05, 0.1) is 6.10 Å². The Balaban J connectivity index is 1.86. The number of hydrogen-bond donors (Lipinski definition) is 2. The topological polar surface area (TPSA) is 101 Å². The summed E-state index contributed by atoms with van der Waals surface area (Å²) in [4.78, 5) is 14.2. The van der Waals surface area contributed by atoms with Crippen LogP contribution in [0.1, 0.15) is 12.0 Å². The number of nitrogens with zero attached hydrogens (tertiary/aromatic N) is 3. The van der Waals surface area contributed by atoms with Crippen LogP contribution >= 0.6 is 0 Å². The molecule has 8 nitrogen and oxygen atoms in total. The van der Waals surface area contributed by atoms with E-state index in [4.69, 9.17) is 0 Å². The third kappa shape index (κ3) is 4.02. The van der Waals surface area contributed by atoms with Crippen molar-refractivity contribution in [1.29, 1.82) is 0 Å². The Morgan fingerprint density at radius 1 is 1.11 bits per heavy atom. The van der Waals surface area contributed by atoms with E-state index in [1.807, 2.05) is 13.1 Å². The Bertz CT molecular complexity index is 764. The Labute approximate surface area is 160 Å². The molecule has 150 valence electrons. The number of likely N-dealkylation sites (N-methyl/N-ethyl adjacent to an activating group) is 1. The number of hydrogen-bond acceptors (Lipinski definition) is 5. The summed E-state index contributed by atoms with van der Waals surface area (Å²) < 4.78 is 28.8. The first-order valence-electron chi connectivity index (χ1n) is 9.15. The summed E-state index contributed by atoms with van der Waals surface area (Å²) in [5.41, 5.74) is -0.794. The van der Waals surface area contributed by atoms with Gasteiger partial charge in [-0.3, -0.25) is 4.79 Å². The third-order valence-corrected chi connectivity index (χ3v) is 7.63. The number of rotatable bonds is 5. The summed E-state index contributed by atoms with van der Waals surface area (Å²) in [6, 6.07) is 9.03. The lowest BCUT2D eigenvalue weighted by atomic mass is 9.73. The molecular formula is C18H27N3O5S. The summed E-state index contributed by atoms with van der Waals surface area (Å²) in [7, 11) is -1.82. The average Bonchev–Trinajstić information content (AvgIpc) is 2.64. The lowest BCUT2D eigenvalue weighted by molar-refractivity contribution is -0.160. The first-order chi connectivity index (χ1) is 12.8. The van der Waals surface area contributed by atoms with E-state index in [1.165, 1.54) is 8.61 Å². The largest absolute Gasteiger partial charge is 0.481 e. The Morgan fingerprint density at radius 3 is 2.33 bits per heavy atom. The van der Waals surface area contributed by atoms with Crippen LogP contribution in [0.25, 0.3) is 0 Å². The summed E-state index contributed by atoms with van der Waals surface area (Å²) in [5.74, 6) is -1.17. The highest BCUT2D eigenvalue weighted by atomic mass is 32.2. The van der Waals surface area contributed by atoms with Gasteiger partial charge in [0.2, 0.25) is 0 Å². The van der Waals surface area contributed by atoms with Crippen molar-refractivity contribution in [3.05, 3.63) is 35.9 Å². The molecule has 9 heteroatoms. The number of piperidine rings is 1. The maximum Gasteiger partial charge on any atom is 0.313 e. The highest BCUT2D eigenvalue weighted by molar-refractivity contribution is 7.86. The molecule has 0 aromatic heterocycles. The van der Waals surface area contributed by atoms with E-state index < -0.39 is 27.7 Å². The molecule has 2 atom stereocenters. The van der Waals surface area contributed by atoms with Crippen molar-refractivity contribution in [2.24, 2.45) is 5.41 Å². The minimum absolute atomic E-state index is 0.0824. The fourth-order valence-electron chi connectivity index (χ4n) is 3.84. The molecule has 0 bridgehead atoms. The molecule has 3 rings (SSSR count). The zero-order chi connectivity index (χ0) is 19.7. The van der Waals surface area contributed by atoms with E-state index >= 15 is 0 Å². The maximum absolute atomic E-state index is 13.1. The Morgan fingerprint density at radius 2 is 1.74 bits per heavy atom. The second-order valence-corrected chi connectivity index (χ2v) is 9.40. The second kappa shape index (κ2) is 7.84. The van der Waals surface area contributed by atoms with E-state index in [2.05, 4.69) is 4.90 Å². The van der Waals surface area contributed by atoms with Crippen LogP contribution in [-0.4, -0.2) is 90.5 Å². The smallest absolute Gasteiger partial charge is 0.313 e. The quantitative estimate of drug-likeness (QED) is 0.717. The van der Waals surface area contributed by atoms with Crippen LogP contribution in [0.4, 0.5) is 0 Å². The zero-order valence-electron chi connectivity index (χ0n) is 15.5. The third-order valence-electron chi connectivity index (χ3n) is 5.65. The van der Waals surface area contributed by atoms with Crippen molar-refractivity contribution in [2.75, 3.05) is 46.3 Å². The molecule has 2 fully saturated rings. The van der Waals surface area contributed by atoms with Gasteiger partial charge >= 0.3 is 5.97 Å². The molecule has 2 aliphatic heterocycles. The van der Waals surface area contributed by atoms with Crippen LogP contribution in [0.15, 0.2) is 30.3 Å². The molecule has 1 aromatic carbocycles. The predicted octanol–water partition coefficient (Wildman–Crippen LogP) is -0.141. The Hall–Kier alpha value is -1.52. The number of aliphatic hydroxyl groups excluding tert-OH is 1. The van der Waals surface area contributed by atoms with Gasteiger partial charge in [-0.2, -0.15) is 17.0 Å². The van der Waals surface area contributed by atoms with Crippen LogP contribution < -0.4 is 0 Å². The molecule has 2 heterocycles. The van der Waals surface area contributed by atoms with Crippen molar-refractivity contribution in [3.63, 3.8) is 0 Å². The fraction of sp³-hybridized carbons (Fsp3) is 0.611. The van der Waals surface area contributed by atoms with Crippen molar-refractivity contribution < 1.29 is 23.4 Å². The first kappa shape index (κ1) is 20.2. The molecule has 0 radical (unpaired) electrons. The van der Waals surface area contributed by atoms with Crippen molar-refractivity contribution in [2.45, 2.75) is 18.9 Å². The highest BCUT2D eigenvalue weighted by Gasteiger charge is 2.52. The zero-order valence-corrected chi connectivity index (χ0v) is 16.3. The van der Waals surface area contributed by atoms with Crippen molar-refractivity contribution >= 4 is 16.2 Å². The van der Waals surface area contributed by atoms with Gasteiger partial charge in [-0.25, -0.2) is 0 Å². The van der Waals surface area contributed by atoms with Gasteiger partial charge in [0.25, 0.3) is 10.2 Å². The summed E-state index contributed by atoms with van der Waals surface area (Å²) in [5, 5.41) is 20.5. The molecule has 2 aliphatic rings. The Kier molecular flexibility index (Phi) is 5.87. The van der Waals surface area contributed by atoms with Gasteiger partial charge in [0.1, 0.15) is 5.41 Å². The molecule has 0 amide bonds. The fourth-order valence-corrected chi connectivity index (χ4v) is 5.52. The maximum atomic E-state index is 13.1. The molecular weight excluding hydrogens is 370 g/mol. The van der Waals surface area contributed by atoms with Gasteiger partial charge in [0, 0.05) is 39.3 Å². The summed E-state index contributed by atoms with van der Waals surface area (Å²) in [6.45, 7) is 1.95. The number of piperazine rings is 1. The van der Waals surface area contributed by atoms with Gasteiger partial charge in [-0.15, -0.1) is 0 Å². The predicted molar refractivity (Wildman–Crippen MR) is 100 cm³/mol. The van der Waals surface area contributed by atoms with E-state index in [-0.39, 0.29) is 25.9 Å². The number of carboxylic acid groups (broad SMARTS) is 1. The monoisotopic (exact) mass is 397 g/mol. The lowest BCUT2D eigenvalue weighted by Crippen LogP contribution is -2.61. The minimum atomic E-state index is -3.76. The van der Waals surface area contributed by atoms with E-state index in [1.54, 1.807) is 24.3 Å². The van der Waals surface area contributed by atoms with E-state index in [9.17, 15) is 23.4 Å². The van der Waals surface area contributed by atoms with Crippen LogP contribution in [0.5, 0.6) is 0 Å². The molecule has 0 saturated carbocycles. The lowest BCUT2D eigenvalue weighted by Gasteiger charge is -2.44. The molecule has 0 spiro atoms. The standard InChI is InChI=1S/C18H27N3O5S/c1-19-9-11-20(12-10-19)27(25,26)21-8-7-16(22)18(14-21,17(23)24)13-15-5-3-2-4-6-15/h2-6,16,22H,7-14H2,1H3,(H,23,24)/t16-,18+/m0/s1. The number of carboxylic acids is 1. The van der Waals surface area contributed by atoms with Crippen LogP contribution in [0.3, 0.4) is 0 Å². The number of aliphatic carboxylic acids is 1. The van der Waals surface area contributed by atoms with Gasteiger partial charge in [-0.1, -0.05) is 30.3 Å². The average molecular weight is 397 g/mol.